The standard InChI is InChI=1S/C8H13Cl2NO2/c1-11(6-7(10)5-9)4-3-8(12)13-2/h5H,3-4,6H2,1-2H3. The maximum atomic E-state index is 10.7. The van der Waals surface area contributed by atoms with Gasteiger partial charge in [-0.2, -0.15) is 0 Å². The minimum absolute atomic E-state index is 0.224. The highest BCUT2D eigenvalue weighted by molar-refractivity contribution is 6.36. The van der Waals surface area contributed by atoms with Crippen LogP contribution in [0, 0.1) is 0 Å². The molecule has 0 saturated carbocycles. The van der Waals surface area contributed by atoms with Crippen LogP contribution in [0.4, 0.5) is 0 Å². The molecule has 0 rings (SSSR count). The molecule has 0 aromatic carbocycles. The van der Waals surface area contributed by atoms with Crippen molar-refractivity contribution in [3.63, 3.8) is 0 Å². The molecule has 0 aromatic heterocycles. The molecule has 13 heavy (non-hydrogen) atoms. The fourth-order valence-corrected chi connectivity index (χ4v) is 1.03. The van der Waals surface area contributed by atoms with Gasteiger partial charge < -0.3 is 9.64 Å². The molecular formula is C8H13Cl2NO2. The van der Waals surface area contributed by atoms with Crippen molar-refractivity contribution in [2.24, 2.45) is 0 Å². The second-order valence-corrected chi connectivity index (χ2v) is 3.32. The van der Waals surface area contributed by atoms with Crippen LogP contribution in [0.25, 0.3) is 0 Å². The van der Waals surface area contributed by atoms with E-state index >= 15 is 0 Å². The lowest BCUT2D eigenvalue weighted by Crippen LogP contribution is -2.23. The number of carbonyl (C=O) groups is 1. The molecule has 0 amide bonds. The Morgan fingerprint density at radius 2 is 2.23 bits per heavy atom. The van der Waals surface area contributed by atoms with E-state index in [0.717, 1.165) is 0 Å². The minimum Gasteiger partial charge on any atom is -0.469 e. The summed E-state index contributed by atoms with van der Waals surface area (Å²) in [5, 5.41) is 0.550. The molecule has 0 spiro atoms. The quantitative estimate of drug-likeness (QED) is 0.669. The van der Waals surface area contributed by atoms with Gasteiger partial charge in [-0.25, -0.2) is 0 Å². The van der Waals surface area contributed by atoms with E-state index in [1.165, 1.54) is 12.6 Å². The van der Waals surface area contributed by atoms with Crippen LogP contribution in [0.5, 0.6) is 0 Å². The third-order valence-electron chi connectivity index (χ3n) is 1.46. The summed E-state index contributed by atoms with van der Waals surface area (Å²) in [6.45, 7) is 1.15. The molecule has 76 valence electrons. The van der Waals surface area contributed by atoms with E-state index in [9.17, 15) is 4.79 Å². The zero-order valence-electron chi connectivity index (χ0n) is 7.72. The van der Waals surface area contributed by atoms with E-state index in [1.807, 2.05) is 11.9 Å². The maximum absolute atomic E-state index is 10.7. The molecule has 0 N–H and O–H groups in total. The molecule has 0 bridgehead atoms. The van der Waals surface area contributed by atoms with Crippen LogP contribution in [-0.4, -0.2) is 38.1 Å². The SMILES string of the molecule is COC(=O)CCN(C)CC(Cl)=CCl. The van der Waals surface area contributed by atoms with Gasteiger partial charge in [0.15, 0.2) is 0 Å². The van der Waals surface area contributed by atoms with Gasteiger partial charge in [0.2, 0.25) is 0 Å². The van der Waals surface area contributed by atoms with Crippen molar-refractivity contribution in [1.29, 1.82) is 0 Å². The molecule has 0 aliphatic carbocycles. The van der Waals surface area contributed by atoms with Crippen molar-refractivity contribution >= 4 is 29.2 Å². The molecule has 0 atom stereocenters. The first-order valence-electron chi connectivity index (χ1n) is 3.80. The van der Waals surface area contributed by atoms with Gasteiger partial charge in [0, 0.05) is 23.7 Å². The summed E-state index contributed by atoms with van der Waals surface area (Å²) in [5.41, 5.74) is 1.32. The summed E-state index contributed by atoms with van der Waals surface area (Å²) in [4.78, 5) is 12.6. The fraction of sp³-hybridized carbons (Fsp3) is 0.625. The highest BCUT2D eigenvalue weighted by Gasteiger charge is 2.04. The Bertz CT molecular complexity index is 195. The number of nitrogens with zero attached hydrogens (tertiary/aromatic N) is 1. The monoisotopic (exact) mass is 225 g/mol. The summed E-state index contributed by atoms with van der Waals surface area (Å²) in [5.74, 6) is -0.224. The molecular weight excluding hydrogens is 213 g/mol. The van der Waals surface area contributed by atoms with Gasteiger partial charge in [0.25, 0.3) is 0 Å². The van der Waals surface area contributed by atoms with Crippen LogP contribution < -0.4 is 0 Å². The molecule has 0 fully saturated rings. The first kappa shape index (κ1) is 12.8. The Hall–Kier alpha value is -0.250. The lowest BCUT2D eigenvalue weighted by molar-refractivity contribution is -0.140. The number of hydrogen-bond acceptors (Lipinski definition) is 3. The van der Waals surface area contributed by atoms with E-state index in [-0.39, 0.29) is 5.97 Å². The lowest BCUT2D eigenvalue weighted by Gasteiger charge is -2.14. The Morgan fingerprint density at radius 1 is 1.62 bits per heavy atom. The Kier molecular flexibility index (Phi) is 7.04. The number of likely N-dealkylation sites (N-methyl/N-ethyl adjacent to an activating group) is 1. The normalized spacial score (nSPS) is 11.9. The smallest absolute Gasteiger partial charge is 0.306 e. The zero-order valence-corrected chi connectivity index (χ0v) is 9.23. The highest BCUT2D eigenvalue weighted by atomic mass is 35.5. The van der Waals surface area contributed by atoms with Crippen LogP contribution in [0.15, 0.2) is 10.6 Å². The third-order valence-corrected chi connectivity index (χ3v) is 2.07. The maximum Gasteiger partial charge on any atom is 0.306 e. The average molecular weight is 226 g/mol. The van der Waals surface area contributed by atoms with Gasteiger partial charge in [0.05, 0.1) is 13.5 Å². The van der Waals surface area contributed by atoms with Crippen LogP contribution in [0.1, 0.15) is 6.42 Å². The molecule has 5 heteroatoms. The van der Waals surface area contributed by atoms with E-state index < -0.39 is 0 Å². The van der Waals surface area contributed by atoms with Crippen LogP contribution in [-0.2, 0) is 9.53 Å². The predicted octanol–water partition coefficient (Wildman–Crippen LogP) is 1.80. The highest BCUT2D eigenvalue weighted by Crippen LogP contribution is 2.05. The van der Waals surface area contributed by atoms with Gasteiger partial charge >= 0.3 is 5.97 Å². The molecule has 0 unspecified atom stereocenters. The fourth-order valence-electron chi connectivity index (χ4n) is 0.756. The van der Waals surface area contributed by atoms with Gasteiger partial charge in [-0.15, -0.1) is 0 Å². The van der Waals surface area contributed by atoms with Crippen molar-refractivity contribution in [1.82, 2.24) is 4.90 Å². The Labute approximate surface area is 88.2 Å². The second kappa shape index (κ2) is 7.18. The molecule has 0 saturated heterocycles. The summed E-state index contributed by atoms with van der Waals surface area (Å²) in [7, 11) is 3.22. The van der Waals surface area contributed by atoms with Crippen LogP contribution >= 0.6 is 23.2 Å². The first-order chi connectivity index (χ1) is 6.10. The van der Waals surface area contributed by atoms with Crippen molar-refractivity contribution < 1.29 is 9.53 Å². The number of ether oxygens (including phenoxy) is 1. The molecule has 0 radical (unpaired) electrons. The predicted molar refractivity (Wildman–Crippen MR) is 53.9 cm³/mol. The minimum atomic E-state index is -0.224. The number of carbonyl (C=O) groups excluding carboxylic acids is 1. The Morgan fingerprint density at radius 3 is 2.69 bits per heavy atom. The second-order valence-electron chi connectivity index (χ2n) is 2.62. The summed E-state index contributed by atoms with van der Waals surface area (Å²) >= 11 is 11.1. The summed E-state index contributed by atoms with van der Waals surface area (Å²) in [6.07, 6.45) is 0.361. The molecule has 0 aliphatic rings. The van der Waals surface area contributed by atoms with E-state index in [0.29, 0.717) is 24.5 Å². The third kappa shape index (κ3) is 6.87. The van der Waals surface area contributed by atoms with E-state index in [2.05, 4.69) is 4.74 Å². The lowest BCUT2D eigenvalue weighted by atomic mass is 10.4. The Balaban J connectivity index is 3.63. The van der Waals surface area contributed by atoms with Gasteiger partial charge in [-0.05, 0) is 7.05 Å². The van der Waals surface area contributed by atoms with Crippen LogP contribution in [0.2, 0.25) is 0 Å². The summed E-state index contributed by atoms with van der Waals surface area (Å²) < 4.78 is 4.49. The molecule has 0 heterocycles. The first-order valence-corrected chi connectivity index (χ1v) is 4.61. The van der Waals surface area contributed by atoms with Crippen molar-refractivity contribution in [3.8, 4) is 0 Å². The van der Waals surface area contributed by atoms with Crippen molar-refractivity contribution in [3.05, 3.63) is 10.6 Å². The van der Waals surface area contributed by atoms with Gasteiger partial charge in [0.1, 0.15) is 0 Å². The average Bonchev–Trinajstić information content (AvgIpc) is 2.13. The topological polar surface area (TPSA) is 29.5 Å². The van der Waals surface area contributed by atoms with E-state index in [4.69, 9.17) is 23.2 Å². The number of rotatable bonds is 5. The van der Waals surface area contributed by atoms with E-state index in [1.54, 1.807) is 0 Å². The van der Waals surface area contributed by atoms with Crippen molar-refractivity contribution in [2.75, 3.05) is 27.2 Å². The number of hydrogen-bond donors (Lipinski definition) is 0. The molecule has 0 aromatic rings. The van der Waals surface area contributed by atoms with Crippen molar-refractivity contribution in [2.45, 2.75) is 6.42 Å². The van der Waals surface area contributed by atoms with Gasteiger partial charge in [-0.1, -0.05) is 23.2 Å². The number of methoxy groups -OCH3 is 1. The number of esters is 1. The molecule has 0 aliphatic heterocycles. The largest absolute Gasteiger partial charge is 0.469 e. The number of halogens is 2. The van der Waals surface area contributed by atoms with Crippen LogP contribution in [0.3, 0.4) is 0 Å². The zero-order chi connectivity index (χ0) is 10.3. The van der Waals surface area contributed by atoms with Gasteiger partial charge in [-0.3, -0.25) is 4.79 Å². The molecule has 3 nitrogen and oxygen atoms in total. The summed E-state index contributed by atoms with van der Waals surface area (Å²) in [6, 6.07) is 0.